The third-order valence-corrected chi connectivity index (χ3v) is 3.79. The zero-order valence-corrected chi connectivity index (χ0v) is 11.6. The number of hydrogen-bond acceptors (Lipinski definition) is 2. The molecule has 1 heterocycles. The van der Waals surface area contributed by atoms with E-state index in [2.05, 4.69) is 46.4 Å². The van der Waals surface area contributed by atoms with Crippen LogP contribution in [-0.4, -0.2) is 7.05 Å². The molecule has 0 spiro atoms. The summed E-state index contributed by atoms with van der Waals surface area (Å²) in [6.07, 6.45) is 2.58. The summed E-state index contributed by atoms with van der Waals surface area (Å²) < 4.78 is 6.54. The minimum Gasteiger partial charge on any atom is -0.469 e. The Morgan fingerprint density at radius 1 is 1.35 bits per heavy atom. The fraction of sp³-hybridized carbons (Fsp3) is 0.286. The van der Waals surface area contributed by atoms with Gasteiger partial charge in [-0.15, -0.1) is 0 Å². The Labute approximate surface area is 110 Å². The first-order valence-corrected chi connectivity index (χ1v) is 6.45. The molecule has 0 radical (unpaired) electrons. The Kier molecular flexibility index (Phi) is 4.02. The normalized spacial score (nSPS) is 12.6. The first-order chi connectivity index (χ1) is 8.20. The highest BCUT2D eigenvalue weighted by Gasteiger charge is 2.12. The number of aryl methyl sites for hydroxylation is 1. The lowest BCUT2D eigenvalue weighted by molar-refractivity contribution is 0.466. The van der Waals surface area contributed by atoms with Crippen molar-refractivity contribution in [1.82, 2.24) is 5.32 Å². The summed E-state index contributed by atoms with van der Waals surface area (Å²) in [4.78, 5) is 0. The van der Waals surface area contributed by atoms with E-state index < -0.39 is 0 Å². The predicted molar refractivity (Wildman–Crippen MR) is 73.1 cm³/mol. The number of nitrogens with one attached hydrogen (secondary N) is 1. The van der Waals surface area contributed by atoms with Crippen molar-refractivity contribution < 1.29 is 4.42 Å². The van der Waals surface area contributed by atoms with Crippen LogP contribution in [0.5, 0.6) is 0 Å². The third kappa shape index (κ3) is 2.99. The van der Waals surface area contributed by atoms with Crippen LogP contribution in [0.2, 0.25) is 0 Å². The molecule has 90 valence electrons. The quantitative estimate of drug-likeness (QED) is 0.926. The van der Waals surface area contributed by atoms with Gasteiger partial charge in [0.1, 0.15) is 5.76 Å². The minimum absolute atomic E-state index is 0.276. The highest BCUT2D eigenvalue weighted by atomic mass is 79.9. The molecule has 17 heavy (non-hydrogen) atoms. The maximum atomic E-state index is 5.39. The first kappa shape index (κ1) is 12.4. The van der Waals surface area contributed by atoms with E-state index in [0.29, 0.717) is 0 Å². The van der Waals surface area contributed by atoms with Crippen LogP contribution >= 0.6 is 15.9 Å². The molecular weight excluding hydrogens is 278 g/mol. The number of hydrogen-bond donors (Lipinski definition) is 1. The fourth-order valence-corrected chi connectivity index (χ4v) is 2.24. The molecule has 0 saturated carbocycles. The van der Waals surface area contributed by atoms with Crippen molar-refractivity contribution in [3.63, 3.8) is 0 Å². The zero-order valence-electron chi connectivity index (χ0n) is 10.0. The monoisotopic (exact) mass is 293 g/mol. The van der Waals surface area contributed by atoms with Crippen LogP contribution in [0.4, 0.5) is 0 Å². The molecule has 2 rings (SSSR count). The Bertz CT molecular complexity index is 479. The molecule has 0 fully saturated rings. The van der Waals surface area contributed by atoms with Crippen molar-refractivity contribution in [2.75, 3.05) is 7.05 Å². The van der Waals surface area contributed by atoms with Crippen LogP contribution in [0.1, 0.15) is 22.9 Å². The molecule has 1 aromatic heterocycles. The highest BCUT2D eigenvalue weighted by Crippen LogP contribution is 2.24. The molecule has 1 atom stereocenters. The Balaban J connectivity index is 2.20. The van der Waals surface area contributed by atoms with Crippen LogP contribution in [-0.2, 0) is 6.42 Å². The van der Waals surface area contributed by atoms with Gasteiger partial charge in [-0.1, -0.05) is 28.1 Å². The van der Waals surface area contributed by atoms with Gasteiger partial charge < -0.3 is 9.73 Å². The van der Waals surface area contributed by atoms with E-state index in [9.17, 15) is 0 Å². The maximum absolute atomic E-state index is 5.39. The molecule has 2 nitrogen and oxygen atoms in total. The van der Waals surface area contributed by atoms with Crippen molar-refractivity contribution in [1.29, 1.82) is 0 Å². The topological polar surface area (TPSA) is 25.2 Å². The summed E-state index contributed by atoms with van der Waals surface area (Å²) in [5, 5.41) is 3.32. The van der Waals surface area contributed by atoms with Crippen molar-refractivity contribution in [3.8, 4) is 0 Å². The number of likely N-dealkylation sites (N-methyl/N-ethyl adjacent to an activating group) is 1. The van der Waals surface area contributed by atoms with Gasteiger partial charge in [0.05, 0.1) is 6.26 Å². The van der Waals surface area contributed by atoms with E-state index in [1.54, 1.807) is 6.26 Å². The number of benzene rings is 1. The van der Waals surface area contributed by atoms with Gasteiger partial charge in [0, 0.05) is 16.9 Å². The summed E-state index contributed by atoms with van der Waals surface area (Å²) >= 11 is 3.57. The van der Waals surface area contributed by atoms with E-state index in [-0.39, 0.29) is 6.04 Å². The largest absolute Gasteiger partial charge is 0.469 e. The number of halogens is 1. The third-order valence-electron chi connectivity index (χ3n) is 2.93. The van der Waals surface area contributed by atoms with E-state index in [1.807, 2.05) is 19.2 Å². The second-order valence-corrected chi connectivity index (χ2v) is 4.99. The smallest absolute Gasteiger partial charge is 0.105 e. The molecule has 3 heteroatoms. The van der Waals surface area contributed by atoms with Gasteiger partial charge in [-0.2, -0.15) is 0 Å². The van der Waals surface area contributed by atoms with E-state index in [1.165, 1.54) is 11.1 Å². The van der Waals surface area contributed by atoms with Gasteiger partial charge in [0.2, 0.25) is 0 Å². The molecule has 0 saturated heterocycles. The number of rotatable bonds is 4. The summed E-state index contributed by atoms with van der Waals surface area (Å²) in [5.74, 6) is 1.00. The molecule has 1 aromatic carbocycles. The summed E-state index contributed by atoms with van der Waals surface area (Å²) in [6.45, 7) is 2.09. The molecule has 0 aliphatic carbocycles. The zero-order chi connectivity index (χ0) is 12.3. The second-order valence-electron chi connectivity index (χ2n) is 4.13. The molecule has 1 unspecified atom stereocenters. The molecule has 0 amide bonds. The summed E-state index contributed by atoms with van der Waals surface area (Å²) in [5.41, 5.74) is 2.52. The lowest BCUT2D eigenvalue weighted by Gasteiger charge is -2.16. The molecule has 0 aliphatic heterocycles. The molecule has 0 bridgehead atoms. The summed E-state index contributed by atoms with van der Waals surface area (Å²) in [7, 11) is 1.97. The van der Waals surface area contributed by atoms with E-state index in [0.717, 1.165) is 16.7 Å². The van der Waals surface area contributed by atoms with Gasteiger partial charge in [-0.25, -0.2) is 0 Å². The van der Waals surface area contributed by atoms with Gasteiger partial charge in [-0.3, -0.25) is 0 Å². The molecular formula is C14H16BrNO. The van der Waals surface area contributed by atoms with E-state index >= 15 is 0 Å². The minimum atomic E-state index is 0.276. The van der Waals surface area contributed by atoms with Gasteiger partial charge in [-0.05, 0) is 43.3 Å². The van der Waals surface area contributed by atoms with Gasteiger partial charge in [0.25, 0.3) is 0 Å². The highest BCUT2D eigenvalue weighted by molar-refractivity contribution is 9.10. The van der Waals surface area contributed by atoms with E-state index in [4.69, 9.17) is 4.42 Å². The maximum Gasteiger partial charge on any atom is 0.105 e. The second kappa shape index (κ2) is 5.52. The van der Waals surface area contributed by atoms with Gasteiger partial charge >= 0.3 is 0 Å². The van der Waals surface area contributed by atoms with Crippen molar-refractivity contribution in [2.24, 2.45) is 0 Å². The Hall–Kier alpha value is -1.06. The standard InChI is InChI=1S/C14H16BrNO/c1-10-5-6-11(8-13(10)15)14(16-2)9-12-4-3-7-17-12/h3-8,14,16H,9H2,1-2H3. The SMILES string of the molecule is CNC(Cc1ccco1)c1ccc(C)c(Br)c1. The van der Waals surface area contributed by atoms with Crippen LogP contribution in [0.25, 0.3) is 0 Å². The van der Waals surface area contributed by atoms with Crippen molar-refractivity contribution in [2.45, 2.75) is 19.4 Å². The lowest BCUT2D eigenvalue weighted by atomic mass is 10.0. The Morgan fingerprint density at radius 2 is 2.18 bits per heavy atom. The predicted octanol–water partition coefficient (Wildman–Crippen LogP) is 3.85. The molecule has 2 aromatic rings. The number of furan rings is 1. The first-order valence-electron chi connectivity index (χ1n) is 5.66. The average Bonchev–Trinajstić information content (AvgIpc) is 2.82. The van der Waals surface area contributed by atoms with Crippen LogP contribution in [0, 0.1) is 6.92 Å². The fourth-order valence-electron chi connectivity index (χ4n) is 1.84. The van der Waals surface area contributed by atoms with Crippen LogP contribution < -0.4 is 5.32 Å². The van der Waals surface area contributed by atoms with Crippen molar-refractivity contribution in [3.05, 3.63) is 58.0 Å². The lowest BCUT2D eigenvalue weighted by Crippen LogP contribution is -2.18. The Morgan fingerprint density at radius 3 is 2.76 bits per heavy atom. The molecule has 1 N–H and O–H groups in total. The van der Waals surface area contributed by atoms with Crippen molar-refractivity contribution >= 4 is 15.9 Å². The average molecular weight is 294 g/mol. The summed E-state index contributed by atoms with van der Waals surface area (Å²) in [6, 6.07) is 10.7. The van der Waals surface area contributed by atoms with Crippen LogP contribution in [0.3, 0.4) is 0 Å². The van der Waals surface area contributed by atoms with Crippen LogP contribution in [0.15, 0.2) is 45.5 Å². The molecule has 0 aliphatic rings. The van der Waals surface area contributed by atoms with Gasteiger partial charge in [0.15, 0.2) is 0 Å².